The van der Waals surface area contributed by atoms with Crippen molar-refractivity contribution in [2.75, 3.05) is 13.2 Å². The minimum atomic E-state index is -4.73. The van der Waals surface area contributed by atoms with Crippen LogP contribution < -0.4 is 15.1 Å². The Morgan fingerprint density at radius 1 is 1.09 bits per heavy atom. The summed E-state index contributed by atoms with van der Waals surface area (Å²) in [4.78, 5) is 23.0. The summed E-state index contributed by atoms with van der Waals surface area (Å²) in [6.45, 7) is 4.00. The molecule has 0 bridgehead atoms. The third-order valence-electron chi connectivity index (χ3n) is 5.75. The number of ether oxygens (including phenoxy) is 2. The van der Waals surface area contributed by atoms with E-state index >= 15 is 0 Å². The largest absolute Gasteiger partial charge is 0.493 e. The van der Waals surface area contributed by atoms with E-state index in [-0.39, 0.29) is 28.3 Å². The van der Waals surface area contributed by atoms with Crippen LogP contribution in [0.1, 0.15) is 37.8 Å². The highest BCUT2D eigenvalue weighted by molar-refractivity contribution is 6.36. The maximum Gasteiger partial charge on any atom is 0.417 e. The predicted octanol–water partition coefficient (Wildman–Crippen LogP) is 6.36. The van der Waals surface area contributed by atoms with Gasteiger partial charge in [0.2, 0.25) is 0 Å². The fourth-order valence-electron chi connectivity index (χ4n) is 3.46. The second kappa shape index (κ2) is 10.6. The average molecular weight is 513 g/mol. The van der Waals surface area contributed by atoms with Crippen molar-refractivity contribution in [3.8, 4) is 11.5 Å². The Morgan fingerprint density at radius 2 is 1.74 bits per heavy atom. The maximum atomic E-state index is 13.2. The Kier molecular flexibility index (Phi) is 8.00. The molecule has 0 spiro atoms. The highest BCUT2D eigenvalue weighted by Gasteiger charge is 2.34. The third kappa shape index (κ3) is 6.28. The summed E-state index contributed by atoms with van der Waals surface area (Å²) in [5, 5.41) is 8.86. The SMILES string of the molecule is CC[C@@](C)(Cc1ccc(OCCCOc2ccc3c(C(F)(F)F)cc(=O)oc3c2Cl)cc1)C(=O)O. The van der Waals surface area contributed by atoms with E-state index in [9.17, 15) is 27.9 Å². The van der Waals surface area contributed by atoms with Gasteiger partial charge in [0.15, 0.2) is 5.58 Å². The van der Waals surface area contributed by atoms with Gasteiger partial charge >= 0.3 is 17.8 Å². The summed E-state index contributed by atoms with van der Waals surface area (Å²) < 4.78 is 55.7. The van der Waals surface area contributed by atoms with Crippen LogP contribution in [0.2, 0.25) is 5.02 Å². The monoisotopic (exact) mass is 512 g/mol. The summed E-state index contributed by atoms with van der Waals surface area (Å²) >= 11 is 6.14. The number of halogens is 4. The highest BCUT2D eigenvalue weighted by atomic mass is 35.5. The molecule has 0 saturated carbocycles. The van der Waals surface area contributed by atoms with Crippen LogP contribution in [-0.2, 0) is 17.4 Å². The molecular weight excluding hydrogens is 489 g/mol. The lowest BCUT2D eigenvalue weighted by molar-refractivity contribution is -0.148. The smallest absolute Gasteiger partial charge is 0.417 e. The molecule has 10 heteroatoms. The van der Waals surface area contributed by atoms with E-state index in [1.807, 2.05) is 19.1 Å². The van der Waals surface area contributed by atoms with Crippen LogP contribution in [0, 0.1) is 5.41 Å². The van der Waals surface area contributed by atoms with E-state index < -0.39 is 28.7 Å². The number of alkyl halides is 3. The molecule has 1 N–H and O–H groups in total. The number of carboxylic acid groups (broad SMARTS) is 1. The van der Waals surface area contributed by atoms with Crippen molar-refractivity contribution in [3.63, 3.8) is 0 Å². The Bertz CT molecular complexity index is 1250. The van der Waals surface area contributed by atoms with Crippen LogP contribution in [0.5, 0.6) is 11.5 Å². The summed E-state index contributed by atoms with van der Waals surface area (Å²) in [5.41, 5.74) is -2.62. The highest BCUT2D eigenvalue weighted by Crippen LogP contribution is 2.39. The molecule has 6 nitrogen and oxygen atoms in total. The molecule has 0 amide bonds. The standard InChI is InChI=1S/C25H24ClF3O6/c1-3-24(2,23(31)32)14-15-5-7-16(8-6-15)33-11-4-12-34-19-10-9-17-18(25(27,28)29)13-20(30)35-22(17)21(19)26/h5-10,13H,3-4,11-12,14H2,1-2H3,(H,31,32)/t24-/m0/s1. The second-order valence-corrected chi connectivity index (χ2v) is 8.70. The van der Waals surface area contributed by atoms with Gasteiger partial charge in [0, 0.05) is 17.9 Å². The van der Waals surface area contributed by atoms with Gasteiger partial charge < -0.3 is 19.0 Å². The average Bonchev–Trinajstić information content (AvgIpc) is 2.80. The first-order chi connectivity index (χ1) is 16.4. The number of hydrogen-bond donors (Lipinski definition) is 1. The van der Waals surface area contributed by atoms with Crippen LogP contribution in [0.25, 0.3) is 11.0 Å². The van der Waals surface area contributed by atoms with Crippen molar-refractivity contribution in [1.82, 2.24) is 0 Å². The molecule has 0 radical (unpaired) electrons. The van der Waals surface area contributed by atoms with Crippen LogP contribution >= 0.6 is 11.6 Å². The molecule has 0 fully saturated rings. The molecule has 0 aliphatic heterocycles. The van der Waals surface area contributed by atoms with Crippen molar-refractivity contribution in [3.05, 3.63) is 69.0 Å². The fraction of sp³-hybridized carbons (Fsp3) is 0.360. The zero-order chi connectivity index (χ0) is 25.8. The molecule has 0 saturated heterocycles. The first kappa shape index (κ1) is 26.4. The molecule has 1 atom stereocenters. The van der Waals surface area contributed by atoms with Gasteiger partial charge in [-0.3, -0.25) is 4.79 Å². The topological polar surface area (TPSA) is 86.0 Å². The summed E-state index contributed by atoms with van der Waals surface area (Å²) in [7, 11) is 0. The molecule has 3 aromatic rings. The van der Waals surface area contributed by atoms with Crippen LogP contribution in [-0.4, -0.2) is 24.3 Å². The number of carbonyl (C=O) groups is 1. The Morgan fingerprint density at radius 3 is 2.34 bits per heavy atom. The molecule has 0 unspecified atom stereocenters. The van der Waals surface area contributed by atoms with Gasteiger partial charge in [-0.25, -0.2) is 4.79 Å². The second-order valence-electron chi connectivity index (χ2n) is 8.32. The quantitative estimate of drug-likeness (QED) is 0.251. The Labute approximate surface area is 204 Å². The zero-order valence-electron chi connectivity index (χ0n) is 19.1. The molecule has 1 heterocycles. The van der Waals surface area contributed by atoms with E-state index in [0.29, 0.717) is 37.7 Å². The molecule has 0 aliphatic carbocycles. The van der Waals surface area contributed by atoms with Gasteiger partial charge in [-0.15, -0.1) is 0 Å². The molecule has 3 rings (SSSR count). The number of aliphatic carboxylic acids is 1. The lowest BCUT2D eigenvalue weighted by Crippen LogP contribution is -2.29. The van der Waals surface area contributed by atoms with E-state index in [1.54, 1.807) is 19.1 Å². The summed E-state index contributed by atoms with van der Waals surface area (Å²) in [5.74, 6) is -0.148. The van der Waals surface area contributed by atoms with Crippen molar-refractivity contribution < 1.29 is 37.0 Å². The van der Waals surface area contributed by atoms with Crippen molar-refractivity contribution >= 4 is 28.5 Å². The van der Waals surface area contributed by atoms with Gasteiger partial charge in [-0.1, -0.05) is 30.7 Å². The normalized spacial score (nSPS) is 13.4. The molecule has 1 aromatic heterocycles. The molecular formula is C25H24ClF3O6. The van der Waals surface area contributed by atoms with Crippen molar-refractivity contribution in [2.45, 2.75) is 39.3 Å². The minimum Gasteiger partial charge on any atom is -0.493 e. The van der Waals surface area contributed by atoms with Crippen molar-refractivity contribution in [2.24, 2.45) is 5.41 Å². The number of benzene rings is 2. The maximum absolute atomic E-state index is 13.2. The first-order valence-corrected chi connectivity index (χ1v) is 11.2. The lowest BCUT2D eigenvalue weighted by atomic mass is 9.81. The zero-order valence-corrected chi connectivity index (χ0v) is 19.8. The van der Waals surface area contributed by atoms with Crippen LogP contribution in [0.15, 0.2) is 51.7 Å². The molecule has 35 heavy (non-hydrogen) atoms. The summed E-state index contributed by atoms with van der Waals surface area (Å²) in [6, 6.07) is 9.98. The molecule has 2 aromatic carbocycles. The van der Waals surface area contributed by atoms with E-state index in [0.717, 1.165) is 11.6 Å². The lowest BCUT2D eigenvalue weighted by Gasteiger charge is -2.23. The molecule has 188 valence electrons. The fourth-order valence-corrected chi connectivity index (χ4v) is 3.72. The first-order valence-electron chi connectivity index (χ1n) is 10.9. The minimum absolute atomic E-state index is 0.0865. The van der Waals surface area contributed by atoms with E-state index in [1.165, 1.54) is 6.07 Å². The summed E-state index contributed by atoms with van der Waals surface area (Å²) in [6.07, 6.45) is -3.38. The van der Waals surface area contributed by atoms with Crippen LogP contribution in [0.3, 0.4) is 0 Å². The number of hydrogen-bond acceptors (Lipinski definition) is 5. The van der Waals surface area contributed by atoms with Crippen molar-refractivity contribution in [1.29, 1.82) is 0 Å². The Hall–Kier alpha value is -3.20. The number of carboxylic acids is 1. The third-order valence-corrected chi connectivity index (χ3v) is 6.11. The number of rotatable bonds is 10. The van der Waals surface area contributed by atoms with Gasteiger partial charge in [0.25, 0.3) is 0 Å². The van der Waals surface area contributed by atoms with Gasteiger partial charge in [-0.05, 0) is 49.6 Å². The Balaban J connectivity index is 1.56. The molecule has 0 aliphatic rings. The van der Waals surface area contributed by atoms with Gasteiger partial charge in [0.05, 0.1) is 24.2 Å². The van der Waals surface area contributed by atoms with Gasteiger partial charge in [0.1, 0.15) is 16.5 Å². The van der Waals surface area contributed by atoms with Gasteiger partial charge in [-0.2, -0.15) is 13.2 Å². The van der Waals surface area contributed by atoms with Crippen LogP contribution in [0.4, 0.5) is 13.2 Å². The van der Waals surface area contributed by atoms with E-state index in [4.69, 9.17) is 25.5 Å². The predicted molar refractivity (Wildman–Crippen MR) is 124 cm³/mol. The number of fused-ring (bicyclic) bond motifs is 1. The van der Waals surface area contributed by atoms with E-state index in [2.05, 4.69) is 0 Å².